The second-order valence-electron chi connectivity index (χ2n) is 5.60. The Balaban J connectivity index is 1.66. The summed E-state index contributed by atoms with van der Waals surface area (Å²) in [5.74, 6) is 1.39. The van der Waals surface area contributed by atoms with Gasteiger partial charge in [-0.25, -0.2) is 4.98 Å². The molecule has 1 heterocycles. The van der Waals surface area contributed by atoms with Gasteiger partial charge in [0.2, 0.25) is 5.95 Å². The molecule has 0 saturated heterocycles. The van der Waals surface area contributed by atoms with Crippen LogP contribution in [-0.4, -0.2) is 9.97 Å². The summed E-state index contributed by atoms with van der Waals surface area (Å²) in [6.07, 6.45) is 1.75. The Morgan fingerprint density at radius 3 is 2.52 bits per heavy atom. The van der Waals surface area contributed by atoms with E-state index in [1.54, 1.807) is 6.20 Å². The zero-order valence-electron chi connectivity index (χ0n) is 13.4. The molecule has 0 aliphatic heterocycles. The Labute approximate surface area is 136 Å². The van der Waals surface area contributed by atoms with E-state index in [0.29, 0.717) is 5.95 Å². The Bertz CT molecular complexity index is 781. The third-order valence-corrected chi connectivity index (χ3v) is 3.52. The Kier molecular flexibility index (Phi) is 4.52. The minimum atomic E-state index is 0.586. The summed E-state index contributed by atoms with van der Waals surface area (Å²) in [7, 11) is 0. The molecule has 0 unspecified atom stereocenters. The van der Waals surface area contributed by atoms with Gasteiger partial charge in [-0.15, -0.1) is 0 Å². The molecular formula is C19H20N4. The molecule has 0 saturated carbocycles. The highest BCUT2D eigenvalue weighted by molar-refractivity contribution is 5.55. The van der Waals surface area contributed by atoms with Crippen molar-refractivity contribution in [3.05, 3.63) is 77.5 Å². The van der Waals surface area contributed by atoms with Gasteiger partial charge in [0.25, 0.3) is 0 Å². The average Bonchev–Trinajstić information content (AvgIpc) is 2.56. The number of anilines is 3. The maximum atomic E-state index is 4.49. The van der Waals surface area contributed by atoms with Crippen LogP contribution in [0, 0.1) is 13.8 Å². The van der Waals surface area contributed by atoms with E-state index in [1.807, 2.05) is 18.2 Å². The highest BCUT2D eigenvalue weighted by Gasteiger charge is 2.01. The number of aromatic nitrogens is 2. The van der Waals surface area contributed by atoms with E-state index < -0.39 is 0 Å². The minimum absolute atomic E-state index is 0.586. The number of hydrogen-bond donors (Lipinski definition) is 2. The Hall–Kier alpha value is -2.88. The molecule has 0 amide bonds. The van der Waals surface area contributed by atoms with Crippen molar-refractivity contribution >= 4 is 17.5 Å². The largest absolute Gasteiger partial charge is 0.366 e. The van der Waals surface area contributed by atoms with Gasteiger partial charge in [0, 0.05) is 18.4 Å². The molecule has 0 atom stereocenters. The lowest BCUT2D eigenvalue weighted by molar-refractivity contribution is 1.08. The predicted molar refractivity (Wildman–Crippen MR) is 95.0 cm³/mol. The lowest BCUT2D eigenvalue weighted by Gasteiger charge is -2.09. The predicted octanol–water partition coefficient (Wildman–Crippen LogP) is 4.45. The fourth-order valence-corrected chi connectivity index (χ4v) is 2.30. The van der Waals surface area contributed by atoms with Gasteiger partial charge in [-0.1, -0.05) is 47.5 Å². The molecule has 3 aromatic rings. The highest BCUT2D eigenvalue weighted by atomic mass is 15.1. The molecular weight excluding hydrogens is 284 g/mol. The van der Waals surface area contributed by atoms with Crippen molar-refractivity contribution in [1.82, 2.24) is 9.97 Å². The number of hydrogen-bond acceptors (Lipinski definition) is 4. The Morgan fingerprint density at radius 2 is 1.74 bits per heavy atom. The smallest absolute Gasteiger partial charge is 0.229 e. The van der Waals surface area contributed by atoms with Crippen LogP contribution in [0.2, 0.25) is 0 Å². The first kappa shape index (κ1) is 15.0. The van der Waals surface area contributed by atoms with Crippen molar-refractivity contribution in [2.45, 2.75) is 20.4 Å². The topological polar surface area (TPSA) is 49.8 Å². The summed E-state index contributed by atoms with van der Waals surface area (Å²) in [4.78, 5) is 8.76. The molecule has 3 rings (SSSR count). The molecule has 0 bridgehead atoms. The monoisotopic (exact) mass is 304 g/mol. The number of nitrogens with one attached hydrogen (secondary N) is 2. The molecule has 4 nitrogen and oxygen atoms in total. The number of nitrogens with zero attached hydrogens (tertiary/aromatic N) is 2. The van der Waals surface area contributed by atoms with E-state index in [4.69, 9.17) is 0 Å². The average molecular weight is 304 g/mol. The molecule has 23 heavy (non-hydrogen) atoms. The van der Waals surface area contributed by atoms with E-state index in [2.05, 4.69) is 70.8 Å². The van der Waals surface area contributed by atoms with E-state index in [0.717, 1.165) is 18.1 Å². The van der Waals surface area contributed by atoms with Gasteiger partial charge < -0.3 is 10.6 Å². The van der Waals surface area contributed by atoms with Gasteiger partial charge in [-0.2, -0.15) is 4.98 Å². The van der Waals surface area contributed by atoms with Crippen molar-refractivity contribution < 1.29 is 0 Å². The standard InChI is InChI=1S/C19H20N4/c1-14-6-8-17(9-7-14)22-19-20-11-10-18(23-19)21-13-16-5-3-4-15(2)12-16/h3-12H,13H2,1-2H3,(H2,20,21,22,23). The molecule has 0 fully saturated rings. The fraction of sp³-hybridized carbons (Fsp3) is 0.158. The number of benzene rings is 2. The van der Waals surface area contributed by atoms with Crippen LogP contribution >= 0.6 is 0 Å². The van der Waals surface area contributed by atoms with Crippen molar-refractivity contribution in [2.24, 2.45) is 0 Å². The second kappa shape index (κ2) is 6.92. The molecule has 0 aliphatic rings. The van der Waals surface area contributed by atoms with Gasteiger partial charge in [-0.05, 0) is 37.6 Å². The van der Waals surface area contributed by atoms with Gasteiger partial charge in [0.05, 0.1) is 0 Å². The van der Waals surface area contributed by atoms with Crippen molar-refractivity contribution in [3.63, 3.8) is 0 Å². The molecule has 2 aromatic carbocycles. The zero-order valence-corrected chi connectivity index (χ0v) is 13.4. The van der Waals surface area contributed by atoms with Crippen molar-refractivity contribution in [1.29, 1.82) is 0 Å². The quantitative estimate of drug-likeness (QED) is 0.731. The lowest BCUT2D eigenvalue weighted by atomic mass is 10.1. The van der Waals surface area contributed by atoms with Crippen LogP contribution in [0.25, 0.3) is 0 Å². The van der Waals surface area contributed by atoms with Crippen LogP contribution in [-0.2, 0) is 6.54 Å². The molecule has 0 radical (unpaired) electrons. The van der Waals surface area contributed by atoms with Crippen LogP contribution in [0.3, 0.4) is 0 Å². The molecule has 1 aromatic heterocycles. The third kappa shape index (κ3) is 4.30. The first-order valence-corrected chi connectivity index (χ1v) is 7.65. The van der Waals surface area contributed by atoms with Gasteiger partial charge >= 0.3 is 0 Å². The first-order valence-electron chi connectivity index (χ1n) is 7.65. The minimum Gasteiger partial charge on any atom is -0.366 e. The first-order chi connectivity index (χ1) is 11.2. The zero-order chi connectivity index (χ0) is 16.1. The summed E-state index contributed by atoms with van der Waals surface area (Å²) >= 11 is 0. The van der Waals surface area contributed by atoms with E-state index in [1.165, 1.54) is 16.7 Å². The molecule has 116 valence electrons. The van der Waals surface area contributed by atoms with Crippen LogP contribution in [0.1, 0.15) is 16.7 Å². The summed E-state index contributed by atoms with van der Waals surface area (Å²) in [6, 6.07) is 18.5. The fourth-order valence-electron chi connectivity index (χ4n) is 2.30. The second-order valence-corrected chi connectivity index (χ2v) is 5.60. The molecule has 0 aliphatic carbocycles. The van der Waals surface area contributed by atoms with Crippen LogP contribution in [0.5, 0.6) is 0 Å². The van der Waals surface area contributed by atoms with Crippen LogP contribution in [0.15, 0.2) is 60.8 Å². The van der Waals surface area contributed by atoms with Crippen LogP contribution < -0.4 is 10.6 Å². The van der Waals surface area contributed by atoms with Crippen molar-refractivity contribution in [2.75, 3.05) is 10.6 Å². The van der Waals surface area contributed by atoms with E-state index >= 15 is 0 Å². The number of rotatable bonds is 5. The van der Waals surface area contributed by atoms with E-state index in [9.17, 15) is 0 Å². The summed E-state index contributed by atoms with van der Waals surface area (Å²) in [6.45, 7) is 4.90. The maximum Gasteiger partial charge on any atom is 0.229 e. The van der Waals surface area contributed by atoms with Crippen molar-refractivity contribution in [3.8, 4) is 0 Å². The SMILES string of the molecule is Cc1ccc(Nc2nccc(NCc3cccc(C)c3)n2)cc1. The van der Waals surface area contributed by atoms with Crippen LogP contribution in [0.4, 0.5) is 17.5 Å². The normalized spacial score (nSPS) is 10.3. The summed E-state index contributed by atoms with van der Waals surface area (Å²) in [5.41, 5.74) is 4.70. The molecule has 0 spiro atoms. The van der Waals surface area contributed by atoms with E-state index in [-0.39, 0.29) is 0 Å². The third-order valence-electron chi connectivity index (χ3n) is 3.52. The summed E-state index contributed by atoms with van der Waals surface area (Å²) in [5, 5.41) is 6.55. The Morgan fingerprint density at radius 1 is 0.913 bits per heavy atom. The highest BCUT2D eigenvalue weighted by Crippen LogP contribution is 2.15. The van der Waals surface area contributed by atoms with Gasteiger partial charge in [0.1, 0.15) is 5.82 Å². The molecule has 2 N–H and O–H groups in total. The number of aryl methyl sites for hydroxylation is 2. The van der Waals surface area contributed by atoms with Gasteiger partial charge in [0.15, 0.2) is 0 Å². The molecule has 4 heteroatoms. The maximum absolute atomic E-state index is 4.49. The lowest BCUT2D eigenvalue weighted by Crippen LogP contribution is -2.04. The van der Waals surface area contributed by atoms with Gasteiger partial charge in [-0.3, -0.25) is 0 Å². The summed E-state index contributed by atoms with van der Waals surface area (Å²) < 4.78 is 0.